The van der Waals surface area contributed by atoms with Crippen LogP contribution >= 0.6 is 31.9 Å². The van der Waals surface area contributed by atoms with E-state index < -0.39 is 0 Å². The SMILES string of the molecule is CC1(c2ccccc2)C(=C(Br)Br)C12C(C)(C)C2(C)C. The molecular formula is C17H20Br2. The molecule has 19 heavy (non-hydrogen) atoms. The van der Waals surface area contributed by atoms with Crippen LogP contribution in [-0.2, 0) is 5.41 Å². The molecule has 0 nitrogen and oxygen atoms in total. The van der Waals surface area contributed by atoms with Gasteiger partial charge in [-0.1, -0.05) is 65.0 Å². The van der Waals surface area contributed by atoms with Crippen molar-refractivity contribution in [2.45, 2.75) is 40.0 Å². The van der Waals surface area contributed by atoms with Crippen molar-refractivity contribution in [1.29, 1.82) is 0 Å². The first-order valence-corrected chi connectivity index (χ1v) is 8.37. The van der Waals surface area contributed by atoms with Gasteiger partial charge in [-0.3, -0.25) is 0 Å². The average Bonchev–Trinajstić information content (AvgIpc) is 3.05. The standard InChI is InChI=1S/C17H20Br2/c1-14(2)15(3,4)17(14)12(13(18)19)16(17,5)11-9-7-6-8-10-11/h6-10H,1-5H3. The van der Waals surface area contributed by atoms with Gasteiger partial charge in [-0.25, -0.2) is 0 Å². The van der Waals surface area contributed by atoms with Gasteiger partial charge in [-0.15, -0.1) is 0 Å². The van der Waals surface area contributed by atoms with E-state index in [2.05, 4.69) is 96.8 Å². The molecule has 0 aromatic heterocycles. The highest BCUT2D eigenvalue weighted by Crippen LogP contribution is 2.99. The van der Waals surface area contributed by atoms with Crippen LogP contribution in [-0.4, -0.2) is 0 Å². The lowest BCUT2D eigenvalue weighted by Gasteiger charge is -2.12. The predicted octanol–water partition coefficient (Wildman–Crippen LogP) is 6.01. The quantitative estimate of drug-likeness (QED) is 0.556. The van der Waals surface area contributed by atoms with Gasteiger partial charge in [-0.2, -0.15) is 0 Å². The first-order chi connectivity index (χ1) is 8.67. The molecule has 0 saturated heterocycles. The van der Waals surface area contributed by atoms with Gasteiger partial charge in [-0.05, 0) is 53.8 Å². The highest BCUT2D eigenvalue weighted by atomic mass is 79.9. The Balaban J connectivity index is 2.23. The Kier molecular flexibility index (Phi) is 2.61. The molecule has 3 rings (SSSR count). The maximum atomic E-state index is 3.69. The van der Waals surface area contributed by atoms with Gasteiger partial charge in [0, 0.05) is 10.8 Å². The van der Waals surface area contributed by atoms with E-state index in [1.54, 1.807) is 0 Å². The second-order valence-electron chi connectivity index (χ2n) is 7.13. The molecule has 0 amide bonds. The van der Waals surface area contributed by atoms with Crippen molar-refractivity contribution >= 4 is 31.9 Å². The molecule has 0 N–H and O–H groups in total. The molecule has 0 aliphatic heterocycles. The molecule has 1 spiro atoms. The van der Waals surface area contributed by atoms with E-state index in [1.807, 2.05) is 0 Å². The van der Waals surface area contributed by atoms with Crippen LogP contribution in [0.15, 0.2) is 39.3 Å². The minimum Gasteiger partial charge on any atom is -0.0622 e. The van der Waals surface area contributed by atoms with Crippen LogP contribution in [0.25, 0.3) is 0 Å². The fraction of sp³-hybridized carbons (Fsp3) is 0.529. The van der Waals surface area contributed by atoms with Gasteiger partial charge in [0.1, 0.15) is 0 Å². The summed E-state index contributed by atoms with van der Waals surface area (Å²) in [5, 5.41) is 0. The topological polar surface area (TPSA) is 0 Å². The van der Waals surface area contributed by atoms with Crippen molar-refractivity contribution < 1.29 is 0 Å². The second kappa shape index (κ2) is 3.57. The Morgan fingerprint density at radius 2 is 1.32 bits per heavy atom. The van der Waals surface area contributed by atoms with E-state index in [0.29, 0.717) is 10.8 Å². The van der Waals surface area contributed by atoms with Crippen molar-refractivity contribution in [3.8, 4) is 0 Å². The number of halogens is 2. The van der Waals surface area contributed by atoms with Crippen molar-refractivity contribution in [2.24, 2.45) is 16.2 Å². The third-order valence-corrected chi connectivity index (χ3v) is 7.27. The van der Waals surface area contributed by atoms with Crippen LogP contribution in [0.4, 0.5) is 0 Å². The zero-order chi connectivity index (χ0) is 14.3. The monoisotopic (exact) mass is 382 g/mol. The molecule has 2 saturated carbocycles. The lowest BCUT2D eigenvalue weighted by atomic mass is 9.90. The number of hydrogen-bond donors (Lipinski definition) is 0. The van der Waals surface area contributed by atoms with Gasteiger partial charge < -0.3 is 0 Å². The molecule has 1 unspecified atom stereocenters. The summed E-state index contributed by atoms with van der Waals surface area (Å²) in [7, 11) is 0. The van der Waals surface area contributed by atoms with Crippen LogP contribution in [0.5, 0.6) is 0 Å². The maximum Gasteiger partial charge on any atom is 0.0611 e. The lowest BCUT2D eigenvalue weighted by molar-refractivity contribution is 0.457. The Morgan fingerprint density at radius 3 is 1.63 bits per heavy atom. The fourth-order valence-electron chi connectivity index (χ4n) is 5.18. The molecule has 1 aromatic rings. The summed E-state index contributed by atoms with van der Waals surface area (Å²) < 4.78 is 1.14. The summed E-state index contributed by atoms with van der Waals surface area (Å²) in [6.07, 6.45) is 0. The van der Waals surface area contributed by atoms with E-state index >= 15 is 0 Å². The van der Waals surface area contributed by atoms with Crippen LogP contribution in [0.3, 0.4) is 0 Å². The molecule has 2 heteroatoms. The molecule has 1 atom stereocenters. The number of hydrogen-bond acceptors (Lipinski definition) is 0. The van der Waals surface area contributed by atoms with Crippen LogP contribution in [0.1, 0.15) is 40.2 Å². The fourth-order valence-corrected chi connectivity index (χ4v) is 6.57. The van der Waals surface area contributed by atoms with Gasteiger partial charge in [0.05, 0.1) is 3.39 Å². The number of rotatable bonds is 1. The zero-order valence-corrected chi connectivity index (χ0v) is 15.3. The zero-order valence-electron chi connectivity index (χ0n) is 12.1. The highest BCUT2D eigenvalue weighted by molar-refractivity contribution is 9.28. The van der Waals surface area contributed by atoms with E-state index in [0.717, 1.165) is 3.39 Å². The summed E-state index contributed by atoms with van der Waals surface area (Å²) in [4.78, 5) is 0. The molecule has 0 heterocycles. The van der Waals surface area contributed by atoms with Gasteiger partial charge in [0.2, 0.25) is 0 Å². The summed E-state index contributed by atoms with van der Waals surface area (Å²) in [5.74, 6) is 0. The van der Waals surface area contributed by atoms with E-state index in [-0.39, 0.29) is 10.8 Å². The largest absolute Gasteiger partial charge is 0.0622 e. The normalized spacial score (nSPS) is 32.3. The molecule has 0 bridgehead atoms. The van der Waals surface area contributed by atoms with Gasteiger partial charge >= 0.3 is 0 Å². The molecule has 2 aliphatic carbocycles. The Morgan fingerprint density at radius 1 is 0.842 bits per heavy atom. The van der Waals surface area contributed by atoms with Crippen LogP contribution in [0, 0.1) is 16.2 Å². The summed E-state index contributed by atoms with van der Waals surface area (Å²) in [6, 6.07) is 10.9. The van der Waals surface area contributed by atoms with E-state index in [1.165, 1.54) is 11.1 Å². The van der Waals surface area contributed by atoms with E-state index in [4.69, 9.17) is 0 Å². The molecule has 2 fully saturated rings. The average molecular weight is 384 g/mol. The molecular weight excluding hydrogens is 364 g/mol. The Hall–Kier alpha value is -0.0800. The molecule has 102 valence electrons. The Labute approximate surface area is 132 Å². The minimum atomic E-state index is 0.142. The third kappa shape index (κ3) is 1.18. The first-order valence-electron chi connectivity index (χ1n) is 6.79. The van der Waals surface area contributed by atoms with Crippen LogP contribution in [0.2, 0.25) is 0 Å². The third-order valence-electron chi connectivity index (χ3n) is 6.48. The molecule has 2 aliphatic rings. The predicted molar refractivity (Wildman–Crippen MR) is 88.7 cm³/mol. The van der Waals surface area contributed by atoms with Crippen molar-refractivity contribution in [3.63, 3.8) is 0 Å². The smallest absolute Gasteiger partial charge is 0.0611 e. The van der Waals surface area contributed by atoms with Gasteiger partial charge in [0.15, 0.2) is 0 Å². The number of allylic oxidation sites excluding steroid dienone is 1. The van der Waals surface area contributed by atoms with E-state index in [9.17, 15) is 0 Å². The lowest BCUT2D eigenvalue weighted by Crippen LogP contribution is -2.08. The summed E-state index contributed by atoms with van der Waals surface area (Å²) >= 11 is 7.38. The first kappa shape index (κ1) is 13.9. The minimum absolute atomic E-state index is 0.142. The van der Waals surface area contributed by atoms with Crippen LogP contribution < -0.4 is 0 Å². The summed E-state index contributed by atoms with van der Waals surface area (Å²) in [6.45, 7) is 12.0. The molecule has 1 aromatic carbocycles. The number of benzene rings is 1. The van der Waals surface area contributed by atoms with Crippen molar-refractivity contribution in [1.82, 2.24) is 0 Å². The summed E-state index contributed by atoms with van der Waals surface area (Å²) in [5.41, 5.74) is 4.03. The second-order valence-corrected chi connectivity index (χ2v) is 9.78. The highest BCUT2D eigenvalue weighted by Gasteiger charge is 2.95. The Bertz CT molecular complexity index is 563. The van der Waals surface area contributed by atoms with Crippen molar-refractivity contribution in [3.05, 3.63) is 44.9 Å². The van der Waals surface area contributed by atoms with Gasteiger partial charge in [0.25, 0.3) is 0 Å². The van der Waals surface area contributed by atoms with Crippen molar-refractivity contribution in [2.75, 3.05) is 0 Å². The molecule has 0 radical (unpaired) electrons. The maximum absolute atomic E-state index is 3.69.